The third kappa shape index (κ3) is 5.15. The van der Waals surface area contributed by atoms with Gasteiger partial charge in [0, 0.05) is 12.7 Å². The van der Waals surface area contributed by atoms with E-state index in [4.69, 9.17) is 9.73 Å². The fourth-order valence-corrected chi connectivity index (χ4v) is 8.64. The minimum Gasteiger partial charge on any atom is -0.394 e. The second-order valence-electron chi connectivity index (χ2n) is 10.6. The molecule has 0 bridgehead atoms. The van der Waals surface area contributed by atoms with E-state index in [0.29, 0.717) is 5.75 Å². The van der Waals surface area contributed by atoms with Crippen LogP contribution in [0.4, 0.5) is 0 Å². The van der Waals surface area contributed by atoms with Crippen LogP contribution in [0.1, 0.15) is 27.7 Å². The number of thiazole rings is 1. The second kappa shape index (κ2) is 12.1. The summed E-state index contributed by atoms with van der Waals surface area (Å²) in [5.41, 5.74) is -0.900. The molecule has 5 unspecified atom stereocenters. The number of rotatable bonds is 9. The van der Waals surface area contributed by atoms with Gasteiger partial charge in [-0.05, 0) is 39.2 Å². The Balaban J connectivity index is 1.57. The number of fused-ring (bicyclic) bond motifs is 2. The number of amidine groups is 1. The maximum absolute atomic E-state index is 13.6. The van der Waals surface area contributed by atoms with Crippen molar-refractivity contribution in [3.8, 4) is 0 Å². The Morgan fingerprint density at radius 2 is 1.91 bits per heavy atom. The number of aliphatic hydroxyl groups is 3. The zero-order valence-corrected chi connectivity index (χ0v) is 26.7. The Bertz CT molecular complexity index is 1450. The summed E-state index contributed by atoms with van der Waals surface area (Å²) in [6.45, 7) is 5.22. The second-order valence-corrected chi connectivity index (χ2v) is 13.9. The zero-order chi connectivity index (χ0) is 31.3. The predicted molar refractivity (Wildman–Crippen MR) is 165 cm³/mol. The van der Waals surface area contributed by atoms with Gasteiger partial charge in [-0.15, -0.1) is 23.1 Å². The van der Waals surface area contributed by atoms with Crippen LogP contribution in [0.15, 0.2) is 38.6 Å². The highest BCUT2D eigenvalue weighted by atomic mass is 32.2. The lowest BCUT2D eigenvalue weighted by Gasteiger charge is -2.56. The van der Waals surface area contributed by atoms with Gasteiger partial charge in [-0.2, -0.15) is 0 Å². The number of ketones is 2. The number of aliphatic hydroxyl groups excluding tert-OH is 3. The molecule has 43 heavy (non-hydrogen) atoms. The fraction of sp³-hybridized carbons (Fsp3) is 0.556. The first-order valence-corrected chi connectivity index (χ1v) is 16.6. The number of carbonyl (C=O) groups excluding carboxylic acids is 3. The van der Waals surface area contributed by atoms with Crippen LogP contribution in [0.2, 0.25) is 0 Å². The van der Waals surface area contributed by atoms with Crippen LogP contribution >= 0.6 is 34.9 Å². The van der Waals surface area contributed by atoms with Gasteiger partial charge in [0.05, 0.1) is 29.2 Å². The number of nitrogens with zero attached hydrogens (tertiary/aromatic N) is 5. The molecule has 2 saturated heterocycles. The Morgan fingerprint density at radius 1 is 1.19 bits per heavy atom. The van der Waals surface area contributed by atoms with Gasteiger partial charge < -0.3 is 30.3 Å². The van der Waals surface area contributed by atoms with Crippen molar-refractivity contribution in [3.63, 3.8) is 0 Å². The van der Waals surface area contributed by atoms with E-state index in [0.717, 1.165) is 26.3 Å². The van der Waals surface area contributed by atoms with Gasteiger partial charge >= 0.3 is 0 Å². The standard InChI is InChI=1S/C27H34N6O7S3/c1-13(11-42-25-30-17-8-6-7-9-19(17)43-25)29-23-26(14(2)35)24(33(16(4)37)27(31-23,41-5)15(3)36)32(12-28-26)22-21(39)20(38)18(10-34)40-22/h6-9,12-13,18,20-22,24,34,38-39H,10-11H2,1-5H3,(H,29,31)/t13-,18-,20?,21?,22-,24?,26?,27?/m1/s1. The number of hydrogen-bond acceptors (Lipinski definition) is 14. The minimum absolute atomic E-state index is 0.0925. The molecule has 5 rings (SSSR count). The smallest absolute Gasteiger partial charge is 0.224 e. The number of aliphatic imine (C=N–C) groups is 2. The molecule has 1 amide bonds. The zero-order valence-electron chi connectivity index (χ0n) is 24.2. The van der Waals surface area contributed by atoms with Crippen molar-refractivity contribution >= 4 is 74.7 Å². The first-order valence-electron chi connectivity index (χ1n) is 13.6. The van der Waals surface area contributed by atoms with Crippen molar-refractivity contribution in [2.24, 2.45) is 9.98 Å². The Morgan fingerprint density at radius 3 is 2.49 bits per heavy atom. The number of hydrogen-bond donors (Lipinski definition) is 4. The predicted octanol–water partition coefficient (Wildman–Crippen LogP) is 0.670. The van der Waals surface area contributed by atoms with Crippen LogP contribution in [0, 0.1) is 0 Å². The quantitative estimate of drug-likeness (QED) is 0.280. The number of nitrogens with one attached hydrogen (secondary N) is 1. The normalized spacial score (nSPS) is 33.6. The van der Waals surface area contributed by atoms with Crippen molar-refractivity contribution in [3.05, 3.63) is 24.3 Å². The maximum Gasteiger partial charge on any atom is 0.224 e. The van der Waals surface area contributed by atoms with Crippen molar-refractivity contribution in [1.82, 2.24) is 20.1 Å². The van der Waals surface area contributed by atoms with Crippen LogP contribution in [-0.2, 0) is 19.1 Å². The molecule has 8 atom stereocenters. The molecule has 1 aromatic heterocycles. The number of ether oxygens (including phenoxy) is 1. The molecule has 0 spiro atoms. The maximum atomic E-state index is 13.6. The third-order valence-electron chi connectivity index (χ3n) is 7.81. The van der Waals surface area contributed by atoms with E-state index >= 15 is 0 Å². The van der Waals surface area contributed by atoms with Crippen molar-refractivity contribution < 1.29 is 34.4 Å². The topological polar surface area (TPSA) is 177 Å². The lowest BCUT2D eigenvalue weighted by molar-refractivity contribution is -0.162. The Hall–Kier alpha value is -2.60. The van der Waals surface area contributed by atoms with Gasteiger partial charge in [-0.1, -0.05) is 23.9 Å². The van der Waals surface area contributed by atoms with Crippen LogP contribution < -0.4 is 5.32 Å². The molecule has 232 valence electrons. The number of amides is 1. The number of para-hydroxylation sites is 1. The summed E-state index contributed by atoms with van der Waals surface area (Å²) in [5, 5.41) is 34.2. The average Bonchev–Trinajstić information content (AvgIpc) is 3.65. The molecule has 13 nitrogen and oxygen atoms in total. The number of carbonyl (C=O) groups is 3. The highest BCUT2D eigenvalue weighted by molar-refractivity contribution is 8.01. The van der Waals surface area contributed by atoms with E-state index in [1.165, 1.54) is 48.7 Å². The third-order valence-corrected chi connectivity index (χ3v) is 11.4. The number of aromatic nitrogens is 1. The van der Waals surface area contributed by atoms with Crippen molar-refractivity contribution in [2.45, 2.75) is 79.3 Å². The number of Topliss-reactive ketones (excluding diaryl/α,β-unsaturated/α-hetero) is 2. The molecule has 3 aliphatic rings. The molecule has 0 saturated carbocycles. The molecule has 0 radical (unpaired) electrons. The highest BCUT2D eigenvalue weighted by Crippen LogP contribution is 2.45. The van der Waals surface area contributed by atoms with Gasteiger partial charge in [-0.3, -0.25) is 24.3 Å². The van der Waals surface area contributed by atoms with Crippen LogP contribution in [0.25, 0.3) is 10.2 Å². The molecule has 3 aliphatic heterocycles. The summed E-state index contributed by atoms with van der Waals surface area (Å²) in [4.78, 5) is 55.4. The number of thioether (sulfide) groups is 2. The van der Waals surface area contributed by atoms with Gasteiger partial charge in [-0.25, -0.2) is 9.98 Å². The molecule has 16 heteroatoms. The summed E-state index contributed by atoms with van der Waals surface area (Å²) in [6.07, 6.45) is -3.71. The minimum atomic E-state index is -1.81. The molecule has 2 fully saturated rings. The largest absolute Gasteiger partial charge is 0.394 e. The SMILES string of the molecule is CSC1(C(C)=O)NC(=N[C@H](C)CSc2nc3ccccc3s2)C2(C(C)=O)N=CN([C@@H]3O[C@H](CO)C(O)C3O)C2N1C(C)=O. The van der Waals surface area contributed by atoms with E-state index in [1.807, 2.05) is 31.2 Å². The van der Waals surface area contributed by atoms with Gasteiger partial charge in [0.25, 0.3) is 0 Å². The molecule has 1 aromatic carbocycles. The molecule has 4 heterocycles. The lowest BCUT2D eigenvalue weighted by Crippen LogP contribution is -2.82. The van der Waals surface area contributed by atoms with Gasteiger partial charge in [0.2, 0.25) is 16.4 Å². The molecular formula is C27H34N6O7S3. The fourth-order valence-electron chi connectivity index (χ4n) is 5.70. The van der Waals surface area contributed by atoms with Crippen LogP contribution in [0.3, 0.4) is 0 Å². The molecule has 2 aromatic rings. The molecular weight excluding hydrogens is 617 g/mol. The van der Waals surface area contributed by atoms with Crippen LogP contribution in [-0.4, -0.2) is 126 Å². The lowest BCUT2D eigenvalue weighted by atomic mass is 9.85. The van der Waals surface area contributed by atoms with Gasteiger partial charge in [0.15, 0.2) is 28.3 Å². The molecule has 0 aliphatic carbocycles. The summed E-state index contributed by atoms with van der Waals surface area (Å²) >= 11 is 4.14. The van der Waals surface area contributed by atoms with Crippen molar-refractivity contribution in [2.75, 3.05) is 18.6 Å². The first-order chi connectivity index (χ1) is 20.4. The summed E-state index contributed by atoms with van der Waals surface area (Å²) < 4.78 is 7.72. The van der Waals surface area contributed by atoms with E-state index in [2.05, 4.69) is 15.3 Å². The van der Waals surface area contributed by atoms with Crippen LogP contribution in [0.5, 0.6) is 0 Å². The summed E-state index contributed by atoms with van der Waals surface area (Å²) in [6, 6.07) is 7.46. The van der Waals surface area contributed by atoms with Gasteiger partial charge in [0.1, 0.15) is 24.1 Å². The monoisotopic (exact) mass is 650 g/mol. The highest BCUT2D eigenvalue weighted by Gasteiger charge is 2.68. The summed E-state index contributed by atoms with van der Waals surface area (Å²) in [5.74, 6) is -0.855. The van der Waals surface area contributed by atoms with E-state index in [1.54, 1.807) is 17.6 Å². The Labute approximate surface area is 260 Å². The summed E-state index contributed by atoms with van der Waals surface area (Å²) in [7, 11) is 0. The van der Waals surface area contributed by atoms with E-state index in [9.17, 15) is 29.7 Å². The number of benzene rings is 1. The van der Waals surface area contributed by atoms with E-state index in [-0.39, 0.29) is 11.9 Å². The van der Waals surface area contributed by atoms with E-state index < -0.39 is 65.3 Å². The van der Waals surface area contributed by atoms with Crippen molar-refractivity contribution in [1.29, 1.82) is 0 Å². The average molecular weight is 651 g/mol. The Kier molecular flexibility index (Phi) is 8.92. The molecule has 4 N–H and O–H groups in total. The first kappa shape index (κ1) is 31.8.